The van der Waals surface area contributed by atoms with Crippen molar-refractivity contribution in [3.05, 3.63) is 35.9 Å². The van der Waals surface area contributed by atoms with Gasteiger partial charge in [-0.1, -0.05) is 99.1 Å². The van der Waals surface area contributed by atoms with Crippen molar-refractivity contribution in [1.82, 2.24) is 30.7 Å². The fraction of sp³-hybridized carbons (Fsp3) is 0.745. The predicted octanol–water partition coefficient (Wildman–Crippen LogP) is 3.26. The van der Waals surface area contributed by atoms with E-state index in [0.29, 0.717) is 24.9 Å². The summed E-state index contributed by atoms with van der Waals surface area (Å²) in [5.41, 5.74) is 6.67. The van der Waals surface area contributed by atoms with Crippen molar-refractivity contribution < 1.29 is 43.3 Å². The molecule has 1 aliphatic heterocycles. The second-order valence-corrected chi connectivity index (χ2v) is 18.6. The van der Waals surface area contributed by atoms with Crippen LogP contribution in [0.1, 0.15) is 114 Å². The third-order valence-corrected chi connectivity index (χ3v) is 12.9. The number of likely N-dealkylation sites (N-methyl/N-ethyl adjacent to an activating group) is 2. The monoisotopic (exact) mass is 888 g/mol. The Labute approximate surface area is 377 Å². The van der Waals surface area contributed by atoms with Gasteiger partial charge in [0.2, 0.25) is 35.4 Å². The number of hydrogen-bond acceptors (Lipinski definition) is 11. The van der Waals surface area contributed by atoms with Crippen molar-refractivity contribution in [3.8, 4) is 0 Å². The molecule has 1 aromatic rings. The molecule has 0 radical (unpaired) electrons. The third-order valence-electron chi connectivity index (χ3n) is 12.9. The minimum absolute atomic E-state index is 0.00580. The SMILES string of the molecule is CC[C@H](C)[C@@H]([C@@H](CC(=O)N1CCC[C@H]1[C@H](OC)[C@@H](C)C(=O)N[C@H](C)[C@@H](O)c1ccccc1)OC)N(C)[C@H](C(=O)NC(=O)[C@H](C(C)C)N(C)C(=O)[C@H](C)NC(=O)[C@@H](N)C(C)C)C(C)C. The lowest BCUT2D eigenvalue weighted by atomic mass is 9.87. The van der Waals surface area contributed by atoms with Crippen molar-refractivity contribution in [2.45, 2.75) is 162 Å². The minimum atomic E-state index is -1.03. The maximum atomic E-state index is 14.4. The molecule has 1 heterocycles. The van der Waals surface area contributed by atoms with Gasteiger partial charge >= 0.3 is 0 Å². The van der Waals surface area contributed by atoms with Crippen LogP contribution in [-0.2, 0) is 38.2 Å². The Morgan fingerprint density at radius 1 is 0.810 bits per heavy atom. The number of methoxy groups -OCH3 is 2. The summed E-state index contributed by atoms with van der Waals surface area (Å²) in [6.45, 7) is 20.5. The van der Waals surface area contributed by atoms with Gasteiger partial charge in [-0.3, -0.25) is 39.0 Å². The first kappa shape index (κ1) is 55.2. The Kier molecular flexibility index (Phi) is 22.3. The number of amides is 6. The Hall–Kier alpha value is -3.96. The molecule has 16 nitrogen and oxygen atoms in total. The van der Waals surface area contributed by atoms with Gasteiger partial charge in [-0.2, -0.15) is 0 Å². The highest BCUT2D eigenvalue weighted by molar-refractivity contribution is 6.02. The quantitative estimate of drug-likeness (QED) is 0.102. The second-order valence-electron chi connectivity index (χ2n) is 18.6. The smallest absolute Gasteiger partial charge is 0.249 e. The lowest BCUT2D eigenvalue weighted by Gasteiger charge is -2.43. The van der Waals surface area contributed by atoms with Gasteiger partial charge in [0.05, 0.1) is 54.8 Å². The highest BCUT2D eigenvalue weighted by Gasteiger charge is 2.44. The molecule has 0 aromatic heterocycles. The number of likely N-dealkylation sites (tertiary alicyclic amines) is 1. The zero-order valence-corrected chi connectivity index (χ0v) is 40.7. The molecule has 63 heavy (non-hydrogen) atoms. The molecule has 12 atom stereocenters. The van der Waals surface area contributed by atoms with Crippen LogP contribution in [0.15, 0.2) is 30.3 Å². The van der Waals surface area contributed by atoms with Crippen LogP contribution in [-0.4, -0.2) is 145 Å². The van der Waals surface area contributed by atoms with Crippen LogP contribution in [0, 0.1) is 29.6 Å². The fourth-order valence-corrected chi connectivity index (χ4v) is 9.02. The number of nitrogens with zero attached hydrogens (tertiary/aromatic N) is 3. The molecule has 0 saturated carbocycles. The number of nitrogens with one attached hydrogen (secondary N) is 3. The number of rotatable bonds is 24. The molecule has 6 amide bonds. The molecular weight excluding hydrogens is 807 g/mol. The zero-order valence-electron chi connectivity index (χ0n) is 40.7. The van der Waals surface area contributed by atoms with Crippen LogP contribution >= 0.6 is 0 Å². The van der Waals surface area contributed by atoms with E-state index in [-0.39, 0.29) is 47.9 Å². The Bertz CT molecular complexity index is 1650. The lowest BCUT2D eigenvalue weighted by molar-refractivity contribution is -0.147. The number of ether oxygens (including phenoxy) is 2. The average molecular weight is 888 g/mol. The summed E-state index contributed by atoms with van der Waals surface area (Å²) in [6, 6.07) is 4.09. The summed E-state index contributed by atoms with van der Waals surface area (Å²) in [4.78, 5) is 87.2. The van der Waals surface area contributed by atoms with Crippen molar-refractivity contribution in [2.75, 3.05) is 34.9 Å². The van der Waals surface area contributed by atoms with Crippen LogP contribution in [0.25, 0.3) is 0 Å². The molecule has 6 N–H and O–H groups in total. The molecule has 1 fully saturated rings. The number of aliphatic hydroxyl groups is 1. The average Bonchev–Trinajstić information content (AvgIpc) is 3.72. The van der Waals surface area contributed by atoms with E-state index in [0.717, 1.165) is 6.42 Å². The van der Waals surface area contributed by atoms with Crippen molar-refractivity contribution in [2.24, 2.45) is 35.3 Å². The highest BCUT2D eigenvalue weighted by Crippen LogP contribution is 2.31. The van der Waals surface area contributed by atoms with Crippen molar-refractivity contribution in [3.63, 3.8) is 0 Å². The number of hydrogen-bond donors (Lipinski definition) is 5. The van der Waals surface area contributed by atoms with Crippen LogP contribution < -0.4 is 21.7 Å². The molecule has 1 aromatic carbocycles. The van der Waals surface area contributed by atoms with Crippen LogP contribution in [0.3, 0.4) is 0 Å². The molecule has 1 saturated heterocycles. The summed E-state index contributed by atoms with van der Waals surface area (Å²) < 4.78 is 12.0. The number of carbonyl (C=O) groups excluding carboxylic acids is 6. The third kappa shape index (κ3) is 14.5. The molecule has 0 aliphatic carbocycles. The molecular formula is C47H81N7O9. The van der Waals surface area contributed by atoms with E-state index in [1.54, 1.807) is 72.7 Å². The standard InChI is InChI=1S/C47H81N7O9/c1-16-29(8)40(52(12)38(27(4)5)45(59)51-46(60)39(28(6)7)53(13)47(61)32(11)50-44(58)37(48)26(2)3)35(62-14)25-36(55)54-24-20-23-34(54)42(63-15)30(9)43(57)49-31(10)41(56)33-21-18-17-19-22-33/h17-19,21-22,26-32,34-35,37-42,56H,16,20,23-25,48H2,1-15H3,(H,49,57)(H,50,58)(H,51,59,60)/t29-,30+,31+,32-,34-,35+,37-,38-,39-,40-,41+,42+/m0/s1. The molecule has 0 bridgehead atoms. The molecule has 0 unspecified atom stereocenters. The molecule has 16 heteroatoms. The number of carbonyl (C=O) groups is 6. The topological polar surface area (TPSA) is 213 Å². The van der Waals surface area contributed by atoms with E-state index in [1.165, 1.54) is 26.0 Å². The van der Waals surface area contributed by atoms with E-state index in [4.69, 9.17) is 15.2 Å². The normalized spacial score (nSPS) is 19.6. The minimum Gasteiger partial charge on any atom is -0.386 e. The van der Waals surface area contributed by atoms with Gasteiger partial charge in [0.15, 0.2) is 0 Å². The number of benzene rings is 1. The van der Waals surface area contributed by atoms with E-state index >= 15 is 0 Å². The second kappa shape index (κ2) is 25.5. The first-order valence-electron chi connectivity index (χ1n) is 22.7. The van der Waals surface area contributed by atoms with Gasteiger partial charge in [0, 0.05) is 33.9 Å². The van der Waals surface area contributed by atoms with Gasteiger partial charge < -0.3 is 40.7 Å². The summed E-state index contributed by atoms with van der Waals surface area (Å²) in [6.07, 6.45) is -0.119. The molecule has 1 aliphatic rings. The summed E-state index contributed by atoms with van der Waals surface area (Å²) >= 11 is 0. The Morgan fingerprint density at radius 2 is 1.38 bits per heavy atom. The van der Waals surface area contributed by atoms with Gasteiger partial charge in [-0.15, -0.1) is 0 Å². The Morgan fingerprint density at radius 3 is 1.89 bits per heavy atom. The number of nitrogens with two attached hydrogens (primary N) is 1. The van der Waals surface area contributed by atoms with Crippen molar-refractivity contribution in [1.29, 1.82) is 0 Å². The summed E-state index contributed by atoms with van der Waals surface area (Å²) in [5, 5.41) is 19.1. The lowest BCUT2D eigenvalue weighted by Crippen LogP contribution is -2.61. The maximum absolute atomic E-state index is 14.4. The van der Waals surface area contributed by atoms with Gasteiger partial charge in [-0.25, -0.2) is 0 Å². The van der Waals surface area contributed by atoms with E-state index in [2.05, 4.69) is 16.0 Å². The van der Waals surface area contributed by atoms with Gasteiger partial charge in [0.25, 0.3) is 0 Å². The number of aliphatic hydroxyl groups excluding tert-OH is 1. The fourth-order valence-electron chi connectivity index (χ4n) is 9.02. The summed E-state index contributed by atoms with van der Waals surface area (Å²) in [5.74, 6) is -4.17. The van der Waals surface area contributed by atoms with Crippen LogP contribution in [0.2, 0.25) is 0 Å². The number of imide groups is 1. The van der Waals surface area contributed by atoms with E-state index < -0.39 is 84.1 Å². The molecule has 2 rings (SSSR count). The molecule has 0 spiro atoms. The van der Waals surface area contributed by atoms with Gasteiger partial charge in [0.1, 0.15) is 12.1 Å². The van der Waals surface area contributed by atoms with Crippen molar-refractivity contribution >= 4 is 35.4 Å². The largest absolute Gasteiger partial charge is 0.386 e. The van der Waals surface area contributed by atoms with E-state index in [9.17, 15) is 33.9 Å². The van der Waals surface area contributed by atoms with Crippen LogP contribution in [0.4, 0.5) is 0 Å². The molecule has 358 valence electrons. The Balaban J connectivity index is 2.29. The predicted molar refractivity (Wildman–Crippen MR) is 244 cm³/mol. The van der Waals surface area contributed by atoms with Crippen LogP contribution in [0.5, 0.6) is 0 Å². The summed E-state index contributed by atoms with van der Waals surface area (Å²) in [7, 11) is 6.36. The maximum Gasteiger partial charge on any atom is 0.249 e. The van der Waals surface area contributed by atoms with E-state index in [1.807, 2.05) is 50.8 Å². The van der Waals surface area contributed by atoms with Gasteiger partial charge in [-0.05, 0) is 63.0 Å². The first-order chi connectivity index (χ1) is 29.5. The highest BCUT2D eigenvalue weighted by atomic mass is 16.5. The first-order valence-corrected chi connectivity index (χ1v) is 22.7. The zero-order chi connectivity index (χ0) is 48.0.